The Labute approximate surface area is 86.1 Å². The minimum absolute atomic E-state index is 0.246. The van der Waals surface area contributed by atoms with Crippen molar-refractivity contribution in [3.8, 4) is 11.5 Å². The molecule has 15 heavy (non-hydrogen) atoms. The van der Waals surface area contributed by atoms with Crippen molar-refractivity contribution in [3.05, 3.63) is 12.1 Å². The van der Waals surface area contributed by atoms with Gasteiger partial charge in [-0.1, -0.05) is 19.0 Å². The Morgan fingerprint density at radius 2 is 2.27 bits per heavy atom. The summed E-state index contributed by atoms with van der Waals surface area (Å²) in [5, 5.41) is 13.8. The summed E-state index contributed by atoms with van der Waals surface area (Å²) in [6.45, 7) is 3.98. The van der Waals surface area contributed by atoms with Gasteiger partial charge in [-0.3, -0.25) is 0 Å². The monoisotopic (exact) mass is 208 g/mol. The summed E-state index contributed by atoms with van der Waals surface area (Å²) in [4.78, 5) is 4.15. The number of nitrogens with two attached hydrogens (primary N) is 1. The molecule has 1 unspecified atom stereocenters. The minimum atomic E-state index is -0.252. The lowest BCUT2D eigenvalue weighted by Gasteiger charge is -2.08. The van der Waals surface area contributed by atoms with Gasteiger partial charge in [0.25, 0.3) is 0 Å². The van der Waals surface area contributed by atoms with Crippen LogP contribution in [-0.4, -0.2) is 25.6 Å². The molecule has 0 saturated heterocycles. The molecule has 2 aromatic rings. The zero-order valence-electron chi connectivity index (χ0n) is 8.51. The van der Waals surface area contributed by atoms with Gasteiger partial charge in [0, 0.05) is 0 Å². The van der Waals surface area contributed by atoms with E-state index in [0.717, 1.165) is 0 Å². The minimum Gasteiger partial charge on any atom is -0.337 e. The summed E-state index contributed by atoms with van der Waals surface area (Å²) in [5.41, 5.74) is 6.41. The Bertz CT molecular complexity index is 420. The predicted molar refractivity (Wildman–Crippen MR) is 51.4 cm³/mol. The molecule has 0 radical (unpaired) electrons. The standard InChI is InChI=1S/C8H12N6O/c1-4(2)6(9)8-11-7(13-15-8)5-3-10-14-12-5/h3-4,6H,9H2,1-2H3,(H,10,12,14). The second kappa shape index (κ2) is 3.77. The van der Waals surface area contributed by atoms with Gasteiger partial charge in [0.1, 0.15) is 0 Å². The zero-order chi connectivity index (χ0) is 10.8. The van der Waals surface area contributed by atoms with Crippen LogP contribution in [0.25, 0.3) is 11.5 Å². The van der Waals surface area contributed by atoms with Crippen molar-refractivity contribution in [2.24, 2.45) is 11.7 Å². The maximum atomic E-state index is 5.86. The first-order valence-electron chi connectivity index (χ1n) is 4.64. The maximum absolute atomic E-state index is 5.86. The highest BCUT2D eigenvalue weighted by Crippen LogP contribution is 2.19. The van der Waals surface area contributed by atoms with E-state index in [0.29, 0.717) is 17.4 Å². The molecule has 0 bridgehead atoms. The van der Waals surface area contributed by atoms with Gasteiger partial charge in [0.05, 0.1) is 12.2 Å². The summed E-state index contributed by atoms with van der Waals surface area (Å²) in [7, 11) is 0. The molecule has 0 fully saturated rings. The quantitative estimate of drug-likeness (QED) is 0.761. The SMILES string of the molecule is CC(C)C(N)c1nc(-c2cn[nH]n2)no1. The van der Waals surface area contributed by atoms with Crippen molar-refractivity contribution in [1.29, 1.82) is 0 Å². The molecule has 0 aliphatic rings. The van der Waals surface area contributed by atoms with Gasteiger partial charge in [0.2, 0.25) is 11.7 Å². The van der Waals surface area contributed by atoms with Crippen LogP contribution in [0.15, 0.2) is 10.7 Å². The highest BCUT2D eigenvalue weighted by Gasteiger charge is 2.19. The number of nitrogens with one attached hydrogen (secondary N) is 1. The van der Waals surface area contributed by atoms with Crippen LogP contribution in [0.3, 0.4) is 0 Å². The smallest absolute Gasteiger partial charge is 0.244 e. The molecule has 1 atom stereocenters. The third-order valence-electron chi connectivity index (χ3n) is 2.09. The Kier molecular flexibility index (Phi) is 2.46. The molecule has 3 N–H and O–H groups in total. The third kappa shape index (κ3) is 1.86. The molecular weight excluding hydrogens is 196 g/mol. The van der Waals surface area contributed by atoms with Crippen LogP contribution < -0.4 is 5.73 Å². The molecule has 0 aliphatic carbocycles. The van der Waals surface area contributed by atoms with Crippen molar-refractivity contribution in [2.75, 3.05) is 0 Å². The van der Waals surface area contributed by atoms with Gasteiger partial charge in [-0.05, 0) is 5.92 Å². The zero-order valence-corrected chi connectivity index (χ0v) is 8.51. The van der Waals surface area contributed by atoms with E-state index in [2.05, 4.69) is 25.6 Å². The van der Waals surface area contributed by atoms with Crippen LogP contribution in [0.2, 0.25) is 0 Å². The Hall–Kier alpha value is -1.76. The lowest BCUT2D eigenvalue weighted by atomic mass is 10.1. The molecule has 0 spiro atoms. The largest absolute Gasteiger partial charge is 0.337 e. The third-order valence-corrected chi connectivity index (χ3v) is 2.09. The first-order valence-corrected chi connectivity index (χ1v) is 4.64. The molecule has 2 aromatic heterocycles. The van der Waals surface area contributed by atoms with E-state index in [1.54, 1.807) is 0 Å². The van der Waals surface area contributed by atoms with E-state index in [1.807, 2.05) is 13.8 Å². The van der Waals surface area contributed by atoms with Crippen LogP contribution in [0.1, 0.15) is 25.8 Å². The fraction of sp³-hybridized carbons (Fsp3) is 0.500. The predicted octanol–water partition coefficient (Wildman–Crippen LogP) is 0.510. The molecule has 2 rings (SSSR count). The summed E-state index contributed by atoms with van der Waals surface area (Å²) in [6, 6.07) is -0.252. The van der Waals surface area contributed by atoms with Crippen molar-refractivity contribution in [3.63, 3.8) is 0 Å². The number of H-pyrrole nitrogens is 1. The van der Waals surface area contributed by atoms with Crippen LogP contribution in [-0.2, 0) is 0 Å². The summed E-state index contributed by atoms with van der Waals surface area (Å²) in [5.74, 6) is 1.06. The van der Waals surface area contributed by atoms with E-state index in [1.165, 1.54) is 6.20 Å². The van der Waals surface area contributed by atoms with Gasteiger partial charge < -0.3 is 10.3 Å². The number of aromatic nitrogens is 5. The number of hydrogen-bond acceptors (Lipinski definition) is 6. The second-order valence-electron chi connectivity index (χ2n) is 3.58. The lowest BCUT2D eigenvalue weighted by molar-refractivity contribution is 0.325. The van der Waals surface area contributed by atoms with Gasteiger partial charge in [-0.15, -0.1) is 0 Å². The van der Waals surface area contributed by atoms with Gasteiger partial charge in [-0.2, -0.15) is 20.4 Å². The van der Waals surface area contributed by atoms with Crippen LogP contribution in [0.5, 0.6) is 0 Å². The fourth-order valence-electron chi connectivity index (χ4n) is 1.07. The summed E-state index contributed by atoms with van der Waals surface area (Å²) < 4.78 is 5.04. The molecule has 0 aliphatic heterocycles. The van der Waals surface area contributed by atoms with Crippen LogP contribution >= 0.6 is 0 Å². The van der Waals surface area contributed by atoms with E-state index in [4.69, 9.17) is 10.3 Å². The highest BCUT2D eigenvalue weighted by molar-refractivity contribution is 5.44. The van der Waals surface area contributed by atoms with Gasteiger partial charge in [-0.25, -0.2) is 0 Å². The molecule has 0 amide bonds. The highest BCUT2D eigenvalue weighted by atomic mass is 16.5. The van der Waals surface area contributed by atoms with Crippen molar-refractivity contribution >= 4 is 0 Å². The van der Waals surface area contributed by atoms with Gasteiger partial charge in [0.15, 0.2) is 5.69 Å². The first kappa shape index (κ1) is 9.78. The molecule has 7 nitrogen and oxygen atoms in total. The Morgan fingerprint density at radius 3 is 2.87 bits per heavy atom. The molecule has 2 heterocycles. The summed E-state index contributed by atoms with van der Waals surface area (Å²) >= 11 is 0. The first-order chi connectivity index (χ1) is 7.18. The molecule has 80 valence electrons. The van der Waals surface area contributed by atoms with E-state index < -0.39 is 0 Å². The van der Waals surface area contributed by atoms with Gasteiger partial charge >= 0.3 is 0 Å². The molecule has 0 saturated carbocycles. The molecule has 0 aromatic carbocycles. The lowest BCUT2D eigenvalue weighted by Crippen LogP contribution is -2.16. The average molecular weight is 208 g/mol. The number of hydrogen-bond donors (Lipinski definition) is 2. The number of nitrogens with zero attached hydrogens (tertiary/aromatic N) is 4. The van der Waals surface area contributed by atoms with Crippen LogP contribution in [0, 0.1) is 5.92 Å². The van der Waals surface area contributed by atoms with Crippen LogP contribution in [0.4, 0.5) is 0 Å². The Morgan fingerprint density at radius 1 is 1.47 bits per heavy atom. The van der Waals surface area contributed by atoms with E-state index in [9.17, 15) is 0 Å². The second-order valence-corrected chi connectivity index (χ2v) is 3.58. The van der Waals surface area contributed by atoms with Crippen molar-refractivity contribution in [2.45, 2.75) is 19.9 Å². The molecular formula is C8H12N6O. The average Bonchev–Trinajstić information content (AvgIpc) is 2.86. The molecule has 7 heteroatoms. The summed E-state index contributed by atoms with van der Waals surface area (Å²) in [6.07, 6.45) is 1.52. The van der Waals surface area contributed by atoms with Crippen molar-refractivity contribution < 1.29 is 4.52 Å². The Balaban J connectivity index is 2.25. The maximum Gasteiger partial charge on any atom is 0.244 e. The van der Waals surface area contributed by atoms with Crippen molar-refractivity contribution in [1.82, 2.24) is 25.6 Å². The normalized spacial score (nSPS) is 13.3. The van der Waals surface area contributed by atoms with E-state index in [-0.39, 0.29) is 12.0 Å². The van der Waals surface area contributed by atoms with E-state index >= 15 is 0 Å². The topological polar surface area (TPSA) is 107 Å². The fourth-order valence-corrected chi connectivity index (χ4v) is 1.07. The number of aromatic amines is 1. The number of rotatable bonds is 3.